The van der Waals surface area contributed by atoms with Crippen LogP contribution in [0.25, 0.3) is 0 Å². The van der Waals surface area contributed by atoms with E-state index in [4.69, 9.17) is 0 Å². The van der Waals surface area contributed by atoms with Gasteiger partial charge in [-0.1, -0.05) is 53.7 Å². The van der Waals surface area contributed by atoms with Crippen LogP contribution in [0.15, 0.2) is 53.0 Å². The number of benzene rings is 2. The van der Waals surface area contributed by atoms with Gasteiger partial charge in [-0.2, -0.15) is 0 Å². The second-order valence-corrected chi connectivity index (χ2v) is 9.02. The fourth-order valence-electron chi connectivity index (χ4n) is 4.57. The first-order chi connectivity index (χ1) is 15.0. The number of amides is 3. The van der Waals surface area contributed by atoms with Gasteiger partial charge in [0, 0.05) is 10.5 Å². The molecule has 1 atom stereocenters. The van der Waals surface area contributed by atoms with Crippen LogP contribution in [-0.4, -0.2) is 34.7 Å². The van der Waals surface area contributed by atoms with Gasteiger partial charge in [0.05, 0.1) is 17.7 Å². The lowest BCUT2D eigenvalue weighted by Crippen LogP contribution is -2.51. The van der Waals surface area contributed by atoms with Gasteiger partial charge in [0.15, 0.2) is 0 Å². The topological polar surface area (TPSA) is 57.7 Å². The molecular weight excluding hydrogens is 463 g/mol. The molecule has 4 rings (SSSR count). The summed E-state index contributed by atoms with van der Waals surface area (Å²) in [5.41, 5.74) is 0.411. The number of carbonyl (C=O) groups excluding carboxylic acids is 3. The van der Waals surface area contributed by atoms with Crippen LogP contribution in [0, 0.1) is 5.82 Å². The second kappa shape index (κ2) is 9.30. The van der Waals surface area contributed by atoms with Gasteiger partial charge in [-0.3, -0.25) is 14.4 Å². The van der Waals surface area contributed by atoms with Crippen molar-refractivity contribution in [2.45, 2.75) is 57.0 Å². The molecule has 0 N–H and O–H groups in total. The number of rotatable bonds is 4. The van der Waals surface area contributed by atoms with E-state index in [9.17, 15) is 18.8 Å². The second-order valence-electron chi connectivity index (χ2n) is 8.10. The van der Waals surface area contributed by atoms with Gasteiger partial charge in [0.25, 0.3) is 11.8 Å². The number of anilines is 1. The molecule has 1 saturated carbocycles. The number of nitrogens with zero attached hydrogens (tertiary/aromatic N) is 2. The highest BCUT2D eigenvalue weighted by molar-refractivity contribution is 9.10. The predicted octanol–water partition coefficient (Wildman–Crippen LogP) is 5.09. The third-order valence-electron chi connectivity index (χ3n) is 6.10. The first kappa shape index (κ1) is 21.7. The minimum absolute atomic E-state index is 0.0610. The Hall–Kier alpha value is -2.54. The zero-order valence-electron chi connectivity index (χ0n) is 17.1. The molecule has 1 aliphatic heterocycles. The lowest BCUT2D eigenvalue weighted by Gasteiger charge is -2.35. The standard InChI is InChI=1S/C24H24BrFN2O3/c25-16-11-13-18(14-12-16)28-22(29)15-21(24(28)31)27(17-7-3-1-2-4-8-17)23(30)19-9-5-6-10-20(19)26/h5-6,9-14,17,21H,1-4,7-8,15H2. The molecule has 1 aliphatic carbocycles. The van der Waals surface area contributed by atoms with Crippen molar-refractivity contribution < 1.29 is 18.8 Å². The number of hydrogen-bond donors (Lipinski definition) is 0. The monoisotopic (exact) mass is 486 g/mol. The summed E-state index contributed by atoms with van der Waals surface area (Å²) in [6.45, 7) is 0. The zero-order valence-corrected chi connectivity index (χ0v) is 18.7. The largest absolute Gasteiger partial charge is 0.323 e. The first-order valence-corrected chi connectivity index (χ1v) is 11.5. The van der Waals surface area contributed by atoms with Gasteiger partial charge in [-0.15, -0.1) is 0 Å². The lowest BCUT2D eigenvalue weighted by atomic mass is 10.0. The first-order valence-electron chi connectivity index (χ1n) is 10.7. The minimum Gasteiger partial charge on any atom is -0.323 e. The SMILES string of the molecule is O=C1CC(N(C(=O)c2ccccc2F)C2CCCCCC2)C(=O)N1c1ccc(Br)cc1. The molecule has 1 saturated heterocycles. The Morgan fingerprint density at radius 2 is 1.61 bits per heavy atom. The van der Waals surface area contributed by atoms with E-state index < -0.39 is 23.7 Å². The van der Waals surface area contributed by atoms with Crippen molar-refractivity contribution in [1.29, 1.82) is 0 Å². The molecule has 3 amide bonds. The molecule has 2 aromatic rings. The average molecular weight is 487 g/mol. The molecule has 1 unspecified atom stereocenters. The van der Waals surface area contributed by atoms with Gasteiger partial charge >= 0.3 is 0 Å². The number of hydrogen-bond acceptors (Lipinski definition) is 3. The van der Waals surface area contributed by atoms with Crippen molar-refractivity contribution >= 4 is 39.3 Å². The van der Waals surface area contributed by atoms with Crippen molar-refractivity contribution in [3.8, 4) is 0 Å². The van der Waals surface area contributed by atoms with Gasteiger partial charge in [0.2, 0.25) is 5.91 Å². The van der Waals surface area contributed by atoms with Crippen molar-refractivity contribution in [2.75, 3.05) is 4.90 Å². The number of carbonyl (C=O) groups is 3. The van der Waals surface area contributed by atoms with Crippen molar-refractivity contribution in [3.63, 3.8) is 0 Å². The fourth-order valence-corrected chi connectivity index (χ4v) is 4.83. The molecule has 31 heavy (non-hydrogen) atoms. The maximum Gasteiger partial charge on any atom is 0.257 e. The van der Waals surface area contributed by atoms with E-state index in [1.165, 1.54) is 23.1 Å². The van der Waals surface area contributed by atoms with E-state index in [1.807, 2.05) is 0 Å². The Morgan fingerprint density at radius 3 is 2.26 bits per heavy atom. The molecule has 162 valence electrons. The smallest absolute Gasteiger partial charge is 0.257 e. The van der Waals surface area contributed by atoms with Gasteiger partial charge < -0.3 is 4.90 Å². The van der Waals surface area contributed by atoms with Gasteiger partial charge in [0.1, 0.15) is 11.9 Å². The number of imide groups is 1. The zero-order chi connectivity index (χ0) is 22.0. The molecule has 0 bridgehead atoms. The molecule has 2 aromatic carbocycles. The van der Waals surface area contributed by atoms with Gasteiger partial charge in [-0.25, -0.2) is 9.29 Å². The van der Waals surface area contributed by atoms with Crippen LogP contribution < -0.4 is 4.90 Å². The fraction of sp³-hybridized carbons (Fsp3) is 0.375. The van der Waals surface area contributed by atoms with Gasteiger partial charge in [-0.05, 0) is 49.2 Å². The molecule has 0 aromatic heterocycles. The molecule has 0 radical (unpaired) electrons. The highest BCUT2D eigenvalue weighted by atomic mass is 79.9. The van der Waals surface area contributed by atoms with E-state index in [0.29, 0.717) is 5.69 Å². The van der Waals surface area contributed by atoms with E-state index in [2.05, 4.69) is 15.9 Å². The van der Waals surface area contributed by atoms with Crippen LogP contribution >= 0.6 is 15.9 Å². The van der Waals surface area contributed by atoms with Crippen LogP contribution in [0.1, 0.15) is 55.3 Å². The lowest BCUT2D eigenvalue weighted by molar-refractivity contribution is -0.123. The van der Waals surface area contributed by atoms with E-state index in [-0.39, 0.29) is 23.9 Å². The molecule has 0 spiro atoms. The maximum absolute atomic E-state index is 14.5. The highest BCUT2D eigenvalue weighted by Crippen LogP contribution is 2.32. The Kier molecular flexibility index (Phi) is 6.51. The molecule has 2 aliphatic rings. The quantitative estimate of drug-likeness (QED) is 0.446. The Labute approximate surface area is 189 Å². The van der Waals surface area contributed by atoms with E-state index >= 15 is 0 Å². The Morgan fingerprint density at radius 1 is 0.968 bits per heavy atom. The van der Waals surface area contributed by atoms with Crippen LogP contribution in [0.4, 0.5) is 10.1 Å². The molecule has 7 heteroatoms. The molecule has 1 heterocycles. The Bertz CT molecular complexity index is 987. The van der Waals surface area contributed by atoms with Crippen LogP contribution in [0.5, 0.6) is 0 Å². The van der Waals surface area contributed by atoms with E-state index in [0.717, 1.165) is 47.9 Å². The molecule has 5 nitrogen and oxygen atoms in total. The summed E-state index contributed by atoms with van der Waals surface area (Å²) in [7, 11) is 0. The van der Waals surface area contributed by atoms with Crippen LogP contribution in [-0.2, 0) is 9.59 Å². The molecular formula is C24H24BrFN2O3. The van der Waals surface area contributed by atoms with Crippen LogP contribution in [0.2, 0.25) is 0 Å². The molecule has 2 fully saturated rings. The summed E-state index contributed by atoms with van der Waals surface area (Å²) in [4.78, 5) is 42.4. The van der Waals surface area contributed by atoms with Crippen LogP contribution in [0.3, 0.4) is 0 Å². The summed E-state index contributed by atoms with van der Waals surface area (Å²) in [5.74, 6) is -1.92. The van der Waals surface area contributed by atoms with Crippen molar-refractivity contribution in [3.05, 3.63) is 64.4 Å². The summed E-state index contributed by atoms with van der Waals surface area (Å²) >= 11 is 3.35. The Balaban J connectivity index is 1.70. The predicted molar refractivity (Wildman–Crippen MR) is 119 cm³/mol. The normalized spacial score (nSPS) is 20.1. The highest BCUT2D eigenvalue weighted by Gasteiger charge is 2.46. The van der Waals surface area contributed by atoms with Crippen molar-refractivity contribution in [2.24, 2.45) is 0 Å². The minimum atomic E-state index is -0.925. The maximum atomic E-state index is 14.5. The average Bonchev–Trinajstić information content (AvgIpc) is 2.92. The summed E-state index contributed by atoms with van der Waals surface area (Å²) in [5, 5.41) is 0. The van der Waals surface area contributed by atoms with E-state index in [1.54, 1.807) is 30.3 Å². The third kappa shape index (κ3) is 4.42. The third-order valence-corrected chi connectivity index (χ3v) is 6.63. The summed E-state index contributed by atoms with van der Waals surface area (Å²) in [6, 6.07) is 11.6. The number of halogens is 2. The van der Waals surface area contributed by atoms with Crippen molar-refractivity contribution in [1.82, 2.24) is 4.90 Å². The summed E-state index contributed by atoms with van der Waals surface area (Å²) < 4.78 is 15.3. The summed E-state index contributed by atoms with van der Waals surface area (Å²) in [6.07, 6.45) is 5.42.